The zero-order valence-corrected chi connectivity index (χ0v) is 14.7. The van der Waals surface area contributed by atoms with Crippen LogP contribution >= 0.6 is 11.3 Å². The Hall–Kier alpha value is -2.92. The van der Waals surface area contributed by atoms with Crippen molar-refractivity contribution in [3.63, 3.8) is 0 Å². The molecule has 0 saturated heterocycles. The lowest BCUT2D eigenvalue weighted by Gasteiger charge is -2.18. The average molecular weight is 364 g/mol. The van der Waals surface area contributed by atoms with Crippen molar-refractivity contribution < 1.29 is 9.18 Å². The van der Waals surface area contributed by atoms with Crippen molar-refractivity contribution in [3.05, 3.63) is 94.1 Å². The van der Waals surface area contributed by atoms with Crippen molar-refractivity contribution in [1.29, 1.82) is 0 Å². The van der Waals surface area contributed by atoms with E-state index in [1.807, 2.05) is 48.0 Å². The van der Waals surface area contributed by atoms with Gasteiger partial charge in [-0.05, 0) is 40.8 Å². The lowest BCUT2D eigenvalue weighted by molar-refractivity contribution is -0.120. The number of aromatic nitrogens is 1. The Labute approximate surface area is 154 Å². The van der Waals surface area contributed by atoms with E-state index in [0.29, 0.717) is 0 Å². The number of para-hydroxylation sites is 1. The Morgan fingerprint density at radius 1 is 1.08 bits per heavy atom. The van der Waals surface area contributed by atoms with E-state index in [0.717, 1.165) is 26.9 Å². The molecule has 2 heterocycles. The number of aromatic amines is 1. The molecule has 0 aliphatic rings. The smallest absolute Gasteiger partial charge is 0.225 e. The monoisotopic (exact) mass is 364 g/mol. The molecule has 1 amide bonds. The molecule has 4 aromatic rings. The van der Waals surface area contributed by atoms with Gasteiger partial charge in [-0.2, -0.15) is 0 Å². The van der Waals surface area contributed by atoms with Gasteiger partial charge in [0.2, 0.25) is 5.91 Å². The predicted molar refractivity (Wildman–Crippen MR) is 103 cm³/mol. The van der Waals surface area contributed by atoms with Crippen molar-refractivity contribution >= 4 is 28.1 Å². The lowest BCUT2D eigenvalue weighted by Crippen LogP contribution is -2.30. The molecule has 0 aliphatic carbocycles. The minimum atomic E-state index is -0.288. The summed E-state index contributed by atoms with van der Waals surface area (Å²) in [5.41, 5.74) is 2.84. The molecule has 0 spiro atoms. The van der Waals surface area contributed by atoms with Gasteiger partial charge < -0.3 is 10.3 Å². The van der Waals surface area contributed by atoms with Crippen LogP contribution in [0.1, 0.15) is 22.0 Å². The molecule has 0 fully saturated rings. The standard InChI is InChI=1S/C21H17FN2OS/c22-16-9-7-14(8-10-16)21(19-6-3-11-26-19)24-20(25)12-15-13-23-18-5-2-1-4-17(15)18/h1-11,13,21,23H,12H2,(H,24,25). The van der Waals surface area contributed by atoms with E-state index in [1.165, 1.54) is 12.1 Å². The van der Waals surface area contributed by atoms with Crippen LogP contribution in [0.2, 0.25) is 0 Å². The van der Waals surface area contributed by atoms with Crippen LogP contribution in [0.3, 0.4) is 0 Å². The second-order valence-corrected chi connectivity index (χ2v) is 7.08. The van der Waals surface area contributed by atoms with Gasteiger partial charge in [0.05, 0.1) is 12.5 Å². The number of nitrogens with one attached hydrogen (secondary N) is 2. The quantitative estimate of drug-likeness (QED) is 0.524. The molecule has 5 heteroatoms. The first-order chi connectivity index (χ1) is 12.7. The van der Waals surface area contributed by atoms with Crippen LogP contribution in [0.15, 0.2) is 72.2 Å². The van der Waals surface area contributed by atoms with Crippen LogP contribution in [-0.2, 0) is 11.2 Å². The normalized spacial score (nSPS) is 12.2. The number of amides is 1. The number of hydrogen-bond acceptors (Lipinski definition) is 2. The van der Waals surface area contributed by atoms with E-state index >= 15 is 0 Å². The zero-order valence-electron chi connectivity index (χ0n) is 13.9. The number of thiophene rings is 1. The maximum Gasteiger partial charge on any atom is 0.225 e. The molecule has 0 radical (unpaired) electrons. The number of hydrogen-bond donors (Lipinski definition) is 2. The highest BCUT2D eigenvalue weighted by Gasteiger charge is 2.19. The van der Waals surface area contributed by atoms with Gasteiger partial charge in [0, 0.05) is 22.0 Å². The van der Waals surface area contributed by atoms with E-state index in [1.54, 1.807) is 23.5 Å². The van der Waals surface area contributed by atoms with Gasteiger partial charge in [-0.15, -0.1) is 11.3 Å². The van der Waals surface area contributed by atoms with E-state index < -0.39 is 0 Å². The molecular formula is C21H17FN2OS. The number of carbonyl (C=O) groups excluding carboxylic acids is 1. The van der Waals surface area contributed by atoms with Crippen molar-refractivity contribution in [1.82, 2.24) is 10.3 Å². The van der Waals surface area contributed by atoms with Crippen LogP contribution in [0.25, 0.3) is 10.9 Å². The molecule has 2 aromatic carbocycles. The molecule has 1 atom stereocenters. The van der Waals surface area contributed by atoms with Crippen molar-refractivity contribution in [2.45, 2.75) is 12.5 Å². The number of carbonyl (C=O) groups is 1. The first-order valence-electron chi connectivity index (χ1n) is 8.34. The SMILES string of the molecule is O=C(Cc1c[nH]c2ccccc12)NC(c1ccc(F)cc1)c1cccs1. The van der Waals surface area contributed by atoms with E-state index in [-0.39, 0.29) is 24.2 Å². The number of fused-ring (bicyclic) bond motifs is 1. The second kappa shape index (κ2) is 7.14. The fourth-order valence-electron chi connectivity index (χ4n) is 3.09. The van der Waals surface area contributed by atoms with Crippen LogP contribution in [-0.4, -0.2) is 10.9 Å². The first-order valence-corrected chi connectivity index (χ1v) is 9.22. The first kappa shape index (κ1) is 16.5. The van der Waals surface area contributed by atoms with Gasteiger partial charge in [0.25, 0.3) is 0 Å². The summed E-state index contributed by atoms with van der Waals surface area (Å²) in [6.45, 7) is 0. The molecule has 4 rings (SSSR count). The molecule has 2 N–H and O–H groups in total. The average Bonchev–Trinajstić information content (AvgIpc) is 3.31. The summed E-state index contributed by atoms with van der Waals surface area (Å²) in [4.78, 5) is 16.9. The third kappa shape index (κ3) is 3.39. The summed E-state index contributed by atoms with van der Waals surface area (Å²) < 4.78 is 13.3. The maximum atomic E-state index is 13.3. The molecule has 0 bridgehead atoms. The Balaban J connectivity index is 1.57. The van der Waals surface area contributed by atoms with E-state index in [2.05, 4.69) is 10.3 Å². The molecule has 3 nitrogen and oxygen atoms in total. The van der Waals surface area contributed by atoms with Gasteiger partial charge in [-0.3, -0.25) is 4.79 Å². The zero-order chi connectivity index (χ0) is 17.9. The van der Waals surface area contributed by atoms with Crippen LogP contribution in [0.5, 0.6) is 0 Å². The third-order valence-electron chi connectivity index (χ3n) is 4.36. The highest BCUT2D eigenvalue weighted by molar-refractivity contribution is 7.10. The maximum absolute atomic E-state index is 13.3. The highest BCUT2D eigenvalue weighted by Crippen LogP contribution is 2.27. The van der Waals surface area contributed by atoms with E-state index in [9.17, 15) is 9.18 Å². The number of H-pyrrole nitrogens is 1. The van der Waals surface area contributed by atoms with Gasteiger partial charge >= 0.3 is 0 Å². The lowest BCUT2D eigenvalue weighted by atomic mass is 10.0. The molecule has 0 aliphatic heterocycles. The van der Waals surface area contributed by atoms with Gasteiger partial charge in [0.15, 0.2) is 0 Å². The summed E-state index contributed by atoms with van der Waals surface area (Å²) >= 11 is 1.57. The number of rotatable bonds is 5. The van der Waals surface area contributed by atoms with Crippen molar-refractivity contribution in [3.8, 4) is 0 Å². The summed E-state index contributed by atoms with van der Waals surface area (Å²) in [5.74, 6) is -0.360. The van der Waals surface area contributed by atoms with Gasteiger partial charge in [-0.25, -0.2) is 4.39 Å². The minimum absolute atomic E-state index is 0.0718. The molecule has 26 heavy (non-hydrogen) atoms. The second-order valence-electron chi connectivity index (χ2n) is 6.10. The summed E-state index contributed by atoms with van der Waals surface area (Å²) in [6, 6.07) is 17.8. The molecule has 0 saturated carbocycles. The molecular weight excluding hydrogens is 347 g/mol. The Kier molecular flexibility index (Phi) is 4.54. The van der Waals surface area contributed by atoms with Crippen molar-refractivity contribution in [2.75, 3.05) is 0 Å². The van der Waals surface area contributed by atoms with Gasteiger partial charge in [0.1, 0.15) is 5.82 Å². The molecule has 1 unspecified atom stereocenters. The Morgan fingerprint density at radius 3 is 2.65 bits per heavy atom. The van der Waals surface area contributed by atoms with Crippen LogP contribution in [0.4, 0.5) is 4.39 Å². The summed E-state index contributed by atoms with van der Waals surface area (Å²) in [7, 11) is 0. The minimum Gasteiger partial charge on any atom is -0.361 e. The molecule has 130 valence electrons. The Morgan fingerprint density at radius 2 is 1.88 bits per heavy atom. The highest BCUT2D eigenvalue weighted by atomic mass is 32.1. The van der Waals surface area contributed by atoms with Crippen LogP contribution < -0.4 is 5.32 Å². The Bertz CT molecular complexity index is 1020. The largest absolute Gasteiger partial charge is 0.361 e. The summed E-state index contributed by atoms with van der Waals surface area (Å²) in [5, 5.41) is 6.12. The molecule has 2 aromatic heterocycles. The summed E-state index contributed by atoms with van der Waals surface area (Å²) in [6.07, 6.45) is 2.16. The number of benzene rings is 2. The van der Waals surface area contributed by atoms with Gasteiger partial charge in [-0.1, -0.05) is 36.4 Å². The fraction of sp³-hybridized carbons (Fsp3) is 0.0952. The van der Waals surface area contributed by atoms with Crippen molar-refractivity contribution in [2.24, 2.45) is 0 Å². The van der Waals surface area contributed by atoms with Crippen LogP contribution in [0, 0.1) is 5.82 Å². The third-order valence-corrected chi connectivity index (χ3v) is 5.30. The fourth-order valence-corrected chi connectivity index (χ4v) is 3.89. The van der Waals surface area contributed by atoms with E-state index in [4.69, 9.17) is 0 Å². The predicted octanol–water partition coefficient (Wildman–Crippen LogP) is 4.82. The topological polar surface area (TPSA) is 44.9 Å². The number of halogens is 1.